The lowest BCUT2D eigenvalue weighted by molar-refractivity contribution is 0.155. The Morgan fingerprint density at radius 3 is 2.74 bits per heavy atom. The van der Waals surface area contributed by atoms with Gasteiger partial charge in [0.15, 0.2) is 0 Å². The zero-order valence-electron chi connectivity index (χ0n) is 13.4. The minimum atomic E-state index is -0.296. The van der Waals surface area contributed by atoms with E-state index in [1.54, 1.807) is 11.0 Å². The van der Waals surface area contributed by atoms with Gasteiger partial charge in [0, 0.05) is 18.5 Å². The summed E-state index contributed by atoms with van der Waals surface area (Å²) in [6, 6.07) is 6.70. The van der Waals surface area contributed by atoms with Gasteiger partial charge in [-0.2, -0.15) is 0 Å². The van der Waals surface area contributed by atoms with E-state index in [0.29, 0.717) is 13.1 Å². The molecule has 23 heavy (non-hydrogen) atoms. The maximum Gasteiger partial charge on any atom is 0.317 e. The third-order valence-corrected chi connectivity index (χ3v) is 5.43. The van der Waals surface area contributed by atoms with Gasteiger partial charge in [-0.3, -0.25) is 0 Å². The van der Waals surface area contributed by atoms with E-state index in [-0.39, 0.29) is 29.9 Å². The Hall–Kier alpha value is -1.62. The molecular weight excluding hydrogens is 295 g/mol. The van der Waals surface area contributed by atoms with Gasteiger partial charge in [-0.05, 0) is 37.3 Å². The molecule has 1 aliphatic heterocycles. The molecule has 2 N–H and O–H groups in total. The van der Waals surface area contributed by atoms with Gasteiger partial charge in [0.2, 0.25) is 0 Å². The molecule has 2 aliphatic rings. The standard InChI is InChI=1S/C18H25FN2O2/c19-16-8-2-1-7-15(16)18(9-3-4-10-18)13-20-17(23)21-11-5-6-14(21)12-22/h1-2,7-8,14,22H,3-6,9-13H2,(H,20,23). The average molecular weight is 320 g/mol. The van der Waals surface area contributed by atoms with Crippen LogP contribution in [-0.4, -0.2) is 41.8 Å². The maximum atomic E-state index is 14.3. The van der Waals surface area contributed by atoms with Crippen LogP contribution in [0.15, 0.2) is 24.3 Å². The summed E-state index contributed by atoms with van der Waals surface area (Å²) in [5.74, 6) is -0.182. The highest BCUT2D eigenvalue weighted by Gasteiger charge is 2.38. The Morgan fingerprint density at radius 2 is 2.04 bits per heavy atom. The quantitative estimate of drug-likeness (QED) is 0.896. The van der Waals surface area contributed by atoms with Gasteiger partial charge < -0.3 is 15.3 Å². The Labute approximate surface area is 136 Å². The smallest absolute Gasteiger partial charge is 0.317 e. The summed E-state index contributed by atoms with van der Waals surface area (Å²) in [6.45, 7) is 1.15. The van der Waals surface area contributed by atoms with Crippen LogP contribution in [0.25, 0.3) is 0 Å². The van der Waals surface area contributed by atoms with Crippen LogP contribution in [0, 0.1) is 5.82 Å². The molecule has 0 bridgehead atoms. The Balaban J connectivity index is 1.71. The molecule has 3 rings (SSSR count). The van der Waals surface area contributed by atoms with Crippen LogP contribution in [0.3, 0.4) is 0 Å². The van der Waals surface area contributed by atoms with Crippen molar-refractivity contribution in [2.45, 2.75) is 50.0 Å². The van der Waals surface area contributed by atoms with Crippen LogP contribution in [0.4, 0.5) is 9.18 Å². The number of amides is 2. The highest BCUT2D eigenvalue weighted by molar-refractivity contribution is 5.75. The number of nitrogens with one attached hydrogen (secondary N) is 1. The summed E-state index contributed by atoms with van der Waals surface area (Å²) < 4.78 is 14.3. The number of aliphatic hydroxyl groups is 1. The summed E-state index contributed by atoms with van der Waals surface area (Å²) >= 11 is 0. The first-order valence-electron chi connectivity index (χ1n) is 8.57. The predicted octanol–water partition coefficient (Wildman–Crippen LogP) is 2.80. The monoisotopic (exact) mass is 320 g/mol. The zero-order valence-corrected chi connectivity index (χ0v) is 13.4. The first-order valence-corrected chi connectivity index (χ1v) is 8.57. The summed E-state index contributed by atoms with van der Waals surface area (Å²) in [4.78, 5) is 14.2. The highest BCUT2D eigenvalue weighted by atomic mass is 19.1. The highest BCUT2D eigenvalue weighted by Crippen LogP contribution is 2.41. The molecule has 1 saturated heterocycles. The van der Waals surface area contributed by atoms with Crippen molar-refractivity contribution in [1.29, 1.82) is 0 Å². The molecule has 0 radical (unpaired) electrons. The molecule has 5 heteroatoms. The lowest BCUT2D eigenvalue weighted by atomic mass is 9.78. The van der Waals surface area contributed by atoms with Crippen LogP contribution in [-0.2, 0) is 5.41 Å². The van der Waals surface area contributed by atoms with Gasteiger partial charge in [0.05, 0.1) is 12.6 Å². The van der Waals surface area contributed by atoms with Crippen molar-refractivity contribution >= 4 is 6.03 Å². The van der Waals surface area contributed by atoms with Crippen molar-refractivity contribution in [3.8, 4) is 0 Å². The van der Waals surface area contributed by atoms with Gasteiger partial charge in [-0.15, -0.1) is 0 Å². The molecule has 1 atom stereocenters. The van der Waals surface area contributed by atoms with E-state index in [1.165, 1.54) is 6.07 Å². The first-order chi connectivity index (χ1) is 11.2. The lowest BCUT2D eigenvalue weighted by Crippen LogP contribution is -2.48. The molecule has 0 aromatic heterocycles. The number of hydrogen-bond donors (Lipinski definition) is 2. The average Bonchev–Trinajstić information content (AvgIpc) is 3.23. The first kappa shape index (κ1) is 16.2. The fraction of sp³-hybridized carbons (Fsp3) is 0.611. The van der Waals surface area contributed by atoms with Crippen LogP contribution >= 0.6 is 0 Å². The number of hydrogen-bond acceptors (Lipinski definition) is 2. The van der Waals surface area contributed by atoms with E-state index in [4.69, 9.17) is 0 Å². The van der Waals surface area contributed by atoms with Crippen molar-refractivity contribution in [2.75, 3.05) is 19.7 Å². The number of carbonyl (C=O) groups excluding carboxylic acids is 1. The number of nitrogens with zero attached hydrogens (tertiary/aromatic N) is 1. The molecule has 2 fully saturated rings. The summed E-state index contributed by atoms with van der Waals surface area (Å²) in [7, 11) is 0. The van der Waals surface area contributed by atoms with Crippen molar-refractivity contribution in [1.82, 2.24) is 10.2 Å². The van der Waals surface area contributed by atoms with E-state index >= 15 is 0 Å². The predicted molar refractivity (Wildman–Crippen MR) is 86.8 cm³/mol. The molecular formula is C18H25FN2O2. The van der Waals surface area contributed by atoms with Crippen molar-refractivity contribution in [3.63, 3.8) is 0 Å². The zero-order chi connectivity index (χ0) is 16.3. The van der Waals surface area contributed by atoms with Gasteiger partial charge in [0.1, 0.15) is 5.82 Å². The van der Waals surface area contributed by atoms with Crippen molar-refractivity contribution in [2.24, 2.45) is 0 Å². The third-order valence-electron chi connectivity index (χ3n) is 5.43. The number of benzene rings is 1. The lowest BCUT2D eigenvalue weighted by Gasteiger charge is -2.32. The molecule has 0 spiro atoms. The van der Waals surface area contributed by atoms with Crippen molar-refractivity contribution < 1.29 is 14.3 Å². The van der Waals surface area contributed by atoms with Crippen LogP contribution < -0.4 is 5.32 Å². The Bertz CT molecular complexity index is 558. The fourth-order valence-corrected chi connectivity index (χ4v) is 4.12. The summed E-state index contributed by atoms with van der Waals surface area (Å²) in [6.07, 6.45) is 5.70. The van der Waals surface area contributed by atoms with E-state index in [0.717, 1.165) is 44.1 Å². The van der Waals surface area contributed by atoms with Crippen molar-refractivity contribution in [3.05, 3.63) is 35.6 Å². The second-order valence-electron chi connectivity index (χ2n) is 6.80. The van der Waals surface area contributed by atoms with E-state index in [2.05, 4.69) is 5.32 Å². The minimum Gasteiger partial charge on any atom is -0.394 e. The molecule has 1 saturated carbocycles. The van der Waals surface area contributed by atoms with Gasteiger partial charge in [-0.1, -0.05) is 31.0 Å². The van der Waals surface area contributed by atoms with E-state index in [1.807, 2.05) is 12.1 Å². The number of halogens is 1. The topological polar surface area (TPSA) is 52.6 Å². The third kappa shape index (κ3) is 3.20. The second-order valence-corrected chi connectivity index (χ2v) is 6.80. The van der Waals surface area contributed by atoms with E-state index < -0.39 is 0 Å². The molecule has 1 heterocycles. The summed E-state index contributed by atoms with van der Waals surface area (Å²) in [5.41, 5.74) is 0.424. The number of urea groups is 1. The van der Waals surface area contributed by atoms with Crippen LogP contribution in [0.2, 0.25) is 0 Å². The fourth-order valence-electron chi connectivity index (χ4n) is 4.12. The minimum absolute atomic E-state index is 0.00583. The van der Waals surface area contributed by atoms with Gasteiger partial charge in [-0.25, -0.2) is 9.18 Å². The number of rotatable bonds is 4. The molecule has 4 nitrogen and oxygen atoms in total. The van der Waals surface area contributed by atoms with Gasteiger partial charge >= 0.3 is 6.03 Å². The van der Waals surface area contributed by atoms with E-state index in [9.17, 15) is 14.3 Å². The molecule has 126 valence electrons. The molecule has 2 amide bonds. The molecule has 1 aromatic rings. The number of likely N-dealkylation sites (tertiary alicyclic amines) is 1. The summed E-state index contributed by atoms with van der Waals surface area (Å²) in [5, 5.41) is 12.4. The number of aliphatic hydroxyl groups excluding tert-OH is 1. The Kier molecular flexibility index (Phi) is 4.85. The normalized spacial score (nSPS) is 23.2. The molecule has 1 aromatic carbocycles. The maximum absolute atomic E-state index is 14.3. The largest absolute Gasteiger partial charge is 0.394 e. The SMILES string of the molecule is O=C(NCC1(c2ccccc2F)CCCC1)N1CCCC1CO. The van der Waals surface area contributed by atoms with Gasteiger partial charge in [0.25, 0.3) is 0 Å². The second kappa shape index (κ2) is 6.87. The van der Waals surface area contributed by atoms with Crippen LogP contribution in [0.5, 0.6) is 0 Å². The molecule has 1 unspecified atom stereocenters. The molecule has 1 aliphatic carbocycles. The Morgan fingerprint density at radius 1 is 1.30 bits per heavy atom. The van der Waals surface area contributed by atoms with Crippen LogP contribution in [0.1, 0.15) is 44.1 Å². The number of carbonyl (C=O) groups is 1.